The molecule has 0 spiro atoms. The maximum atomic E-state index is 12.3. The molecule has 0 radical (unpaired) electrons. The summed E-state index contributed by atoms with van der Waals surface area (Å²) in [4.78, 5) is 20.6. The first-order valence-electron chi connectivity index (χ1n) is 6.81. The fourth-order valence-corrected chi connectivity index (χ4v) is 3.07. The Bertz CT molecular complexity index is 641. The molecule has 110 valence electrons. The molecule has 0 aromatic carbocycles. The lowest BCUT2D eigenvalue weighted by Crippen LogP contribution is -2.36. The zero-order chi connectivity index (χ0) is 14.8. The molecule has 3 heterocycles. The zero-order valence-electron chi connectivity index (χ0n) is 12.1. The summed E-state index contributed by atoms with van der Waals surface area (Å²) < 4.78 is 3.76. The maximum absolute atomic E-state index is 12.3. The van der Waals surface area contributed by atoms with Crippen molar-refractivity contribution in [3.63, 3.8) is 0 Å². The van der Waals surface area contributed by atoms with Crippen molar-refractivity contribution >= 4 is 17.4 Å². The molecule has 7 heteroatoms. The number of carbonyl (C=O) groups excluding carboxylic acids is 1. The highest BCUT2D eigenvalue weighted by atomic mass is 32.1. The first kappa shape index (κ1) is 14.1. The molecule has 2 aromatic heterocycles. The van der Waals surface area contributed by atoms with E-state index in [4.69, 9.17) is 0 Å². The van der Waals surface area contributed by atoms with E-state index in [-0.39, 0.29) is 5.91 Å². The molecule has 0 saturated heterocycles. The van der Waals surface area contributed by atoms with Gasteiger partial charge >= 0.3 is 0 Å². The van der Waals surface area contributed by atoms with Crippen molar-refractivity contribution in [2.75, 3.05) is 20.6 Å². The number of carbonyl (C=O) groups is 1. The SMILES string of the molecule is CN(C)Cc1cncc2c1CCN(C(=O)c1csnn1)C2. The predicted octanol–water partition coefficient (Wildman–Crippen LogP) is 1.19. The third-order valence-corrected chi connectivity index (χ3v) is 4.09. The van der Waals surface area contributed by atoms with Gasteiger partial charge in [-0.25, -0.2) is 0 Å². The number of hydrogen-bond acceptors (Lipinski definition) is 6. The van der Waals surface area contributed by atoms with Crippen molar-refractivity contribution in [2.24, 2.45) is 0 Å². The van der Waals surface area contributed by atoms with Crippen LogP contribution in [0.15, 0.2) is 17.8 Å². The van der Waals surface area contributed by atoms with Gasteiger partial charge in [0.05, 0.1) is 0 Å². The number of nitrogens with zero attached hydrogens (tertiary/aromatic N) is 5. The van der Waals surface area contributed by atoms with E-state index in [0.717, 1.165) is 18.5 Å². The summed E-state index contributed by atoms with van der Waals surface area (Å²) in [5.41, 5.74) is 4.15. The van der Waals surface area contributed by atoms with Crippen LogP contribution in [0.1, 0.15) is 27.2 Å². The van der Waals surface area contributed by atoms with Crippen LogP contribution >= 0.6 is 11.5 Å². The van der Waals surface area contributed by atoms with Crippen LogP contribution in [-0.2, 0) is 19.5 Å². The standard InChI is InChI=1S/C14H17N5OS/c1-18(2)7-10-5-15-6-11-8-19(4-3-12(10)11)14(20)13-9-21-17-16-13/h5-6,9H,3-4,7-8H2,1-2H3. The zero-order valence-corrected chi connectivity index (χ0v) is 12.9. The number of fused-ring (bicyclic) bond motifs is 1. The molecule has 0 bridgehead atoms. The third kappa shape index (κ3) is 2.93. The monoisotopic (exact) mass is 303 g/mol. The van der Waals surface area contributed by atoms with Crippen molar-refractivity contribution in [1.82, 2.24) is 24.4 Å². The summed E-state index contributed by atoms with van der Waals surface area (Å²) >= 11 is 1.20. The van der Waals surface area contributed by atoms with E-state index in [9.17, 15) is 4.79 Å². The van der Waals surface area contributed by atoms with E-state index in [1.807, 2.05) is 31.4 Å². The van der Waals surface area contributed by atoms with Gasteiger partial charge in [-0.05, 0) is 48.7 Å². The number of aromatic nitrogens is 3. The molecule has 0 saturated carbocycles. The minimum Gasteiger partial charge on any atom is -0.332 e. The molecule has 1 aliphatic heterocycles. The second-order valence-electron chi connectivity index (χ2n) is 5.44. The van der Waals surface area contributed by atoms with Crippen LogP contribution in [-0.4, -0.2) is 50.9 Å². The summed E-state index contributed by atoms with van der Waals surface area (Å²) in [6.07, 6.45) is 4.66. The van der Waals surface area contributed by atoms with Gasteiger partial charge in [0.15, 0.2) is 5.69 Å². The fourth-order valence-electron chi connectivity index (χ4n) is 2.64. The topological polar surface area (TPSA) is 62.2 Å². The highest BCUT2D eigenvalue weighted by molar-refractivity contribution is 7.03. The Kier molecular flexibility index (Phi) is 3.94. The van der Waals surface area contributed by atoms with Crippen LogP contribution in [0.4, 0.5) is 0 Å². The Morgan fingerprint density at radius 1 is 1.43 bits per heavy atom. The Labute approximate surface area is 127 Å². The van der Waals surface area contributed by atoms with E-state index in [1.165, 1.54) is 22.7 Å². The second kappa shape index (κ2) is 5.87. The average molecular weight is 303 g/mol. The van der Waals surface area contributed by atoms with Crippen molar-refractivity contribution < 1.29 is 4.79 Å². The molecule has 0 fully saturated rings. The molecule has 0 aliphatic carbocycles. The number of pyridine rings is 1. The summed E-state index contributed by atoms with van der Waals surface area (Å²) in [5, 5.41) is 5.55. The largest absolute Gasteiger partial charge is 0.332 e. The van der Waals surface area contributed by atoms with Gasteiger partial charge in [-0.3, -0.25) is 9.78 Å². The van der Waals surface area contributed by atoms with E-state index >= 15 is 0 Å². The Balaban J connectivity index is 1.81. The van der Waals surface area contributed by atoms with Crippen molar-refractivity contribution in [1.29, 1.82) is 0 Å². The minimum atomic E-state index is -0.0487. The highest BCUT2D eigenvalue weighted by Gasteiger charge is 2.25. The summed E-state index contributed by atoms with van der Waals surface area (Å²) in [6, 6.07) is 0. The number of amides is 1. The van der Waals surface area contributed by atoms with E-state index in [1.54, 1.807) is 5.38 Å². The fraction of sp³-hybridized carbons (Fsp3) is 0.429. The first-order chi connectivity index (χ1) is 10.1. The molecular weight excluding hydrogens is 286 g/mol. The molecule has 6 nitrogen and oxygen atoms in total. The van der Waals surface area contributed by atoms with Gasteiger partial charge in [-0.2, -0.15) is 0 Å². The molecule has 1 amide bonds. The Hall–Kier alpha value is -1.86. The lowest BCUT2D eigenvalue weighted by Gasteiger charge is -2.29. The van der Waals surface area contributed by atoms with Gasteiger partial charge in [0.25, 0.3) is 5.91 Å². The predicted molar refractivity (Wildman–Crippen MR) is 80.0 cm³/mol. The van der Waals surface area contributed by atoms with Gasteiger partial charge < -0.3 is 9.80 Å². The summed E-state index contributed by atoms with van der Waals surface area (Å²) in [5.74, 6) is -0.0487. The number of hydrogen-bond donors (Lipinski definition) is 0. The van der Waals surface area contributed by atoms with Gasteiger partial charge in [0.1, 0.15) is 0 Å². The van der Waals surface area contributed by atoms with Crippen LogP contribution < -0.4 is 0 Å². The van der Waals surface area contributed by atoms with Crippen molar-refractivity contribution in [2.45, 2.75) is 19.5 Å². The Morgan fingerprint density at radius 2 is 2.29 bits per heavy atom. The molecular formula is C14H17N5OS. The first-order valence-corrected chi connectivity index (χ1v) is 7.64. The smallest absolute Gasteiger partial charge is 0.275 e. The average Bonchev–Trinajstić information content (AvgIpc) is 3.00. The lowest BCUT2D eigenvalue weighted by molar-refractivity contribution is 0.0728. The molecule has 2 aromatic rings. The van der Waals surface area contributed by atoms with E-state index in [0.29, 0.717) is 18.8 Å². The summed E-state index contributed by atoms with van der Waals surface area (Å²) in [6.45, 7) is 2.19. The molecule has 0 unspecified atom stereocenters. The van der Waals surface area contributed by atoms with E-state index in [2.05, 4.69) is 19.5 Å². The summed E-state index contributed by atoms with van der Waals surface area (Å²) in [7, 11) is 4.10. The van der Waals surface area contributed by atoms with Crippen molar-refractivity contribution in [3.05, 3.63) is 40.2 Å². The molecule has 0 atom stereocenters. The normalized spacial score (nSPS) is 14.3. The minimum absolute atomic E-state index is 0.0487. The lowest BCUT2D eigenvalue weighted by atomic mass is 9.96. The third-order valence-electron chi connectivity index (χ3n) is 3.58. The van der Waals surface area contributed by atoms with Crippen LogP contribution in [0.25, 0.3) is 0 Å². The van der Waals surface area contributed by atoms with Crippen molar-refractivity contribution in [3.8, 4) is 0 Å². The van der Waals surface area contributed by atoms with E-state index < -0.39 is 0 Å². The molecule has 1 aliphatic rings. The van der Waals surface area contributed by atoms with Crippen LogP contribution in [0.5, 0.6) is 0 Å². The van der Waals surface area contributed by atoms with Gasteiger partial charge in [-0.15, -0.1) is 5.10 Å². The number of rotatable bonds is 3. The van der Waals surface area contributed by atoms with Gasteiger partial charge in [-0.1, -0.05) is 4.49 Å². The quantitative estimate of drug-likeness (QED) is 0.852. The highest BCUT2D eigenvalue weighted by Crippen LogP contribution is 2.23. The van der Waals surface area contributed by atoms with Crippen LogP contribution in [0.2, 0.25) is 0 Å². The maximum Gasteiger partial charge on any atom is 0.275 e. The second-order valence-corrected chi connectivity index (χ2v) is 6.05. The van der Waals surface area contributed by atoms with Gasteiger partial charge in [0.2, 0.25) is 0 Å². The molecule has 3 rings (SSSR count). The Morgan fingerprint density at radius 3 is 3.00 bits per heavy atom. The molecule has 21 heavy (non-hydrogen) atoms. The molecule has 0 N–H and O–H groups in total. The van der Waals surface area contributed by atoms with Crippen LogP contribution in [0.3, 0.4) is 0 Å². The van der Waals surface area contributed by atoms with Gasteiger partial charge in [0, 0.05) is 37.4 Å². The van der Waals surface area contributed by atoms with Crippen LogP contribution in [0, 0.1) is 0 Å².